The van der Waals surface area contributed by atoms with Crippen LogP contribution in [0, 0.1) is 22.7 Å². The third kappa shape index (κ3) is 4.53. The molecule has 0 radical (unpaired) electrons. The Kier molecular flexibility index (Phi) is 5.28. The number of hydrogen-bond donors (Lipinski definition) is 1. The van der Waals surface area contributed by atoms with Gasteiger partial charge >= 0.3 is 0 Å². The summed E-state index contributed by atoms with van der Waals surface area (Å²) >= 11 is 0. The summed E-state index contributed by atoms with van der Waals surface area (Å²) < 4.78 is 0. The highest BCUT2D eigenvalue weighted by Gasteiger charge is 2.21. The highest BCUT2D eigenvalue weighted by molar-refractivity contribution is 4.94. The lowest BCUT2D eigenvalue weighted by atomic mass is 9.94. The van der Waals surface area contributed by atoms with E-state index in [9.17, 15) is 0 Å². The summed E-state index contributed by atoms with van der Waals surface area (Å²) in [5.74, 6) is 0.941. The van der Waals surface area contributed by atoms with Crippen LogP contribution in [0.1, 0.15) is 59.3 Å². The summed E-state index contributed by atoms with van der Waals surface area (Å²) in [5.41, 5.74) is -0.226. The second kappa shape index (κ2) is 6.25. The number of nitrogens with zero attached hydrogens (tertiary/aromatic N) is 1. The van der Waals surface area contributed by atoms with Crippen LogP contribution >= 0.6 is 0 Å². The zero-order chi connectivity index (χ0) is 12.0. The van der Waals surface area contributed by atoms with Gasteiger partial charge in [0.15, 0.2) is 0 Å². The van der Waals surface area contributed by atoms with E-state index in [0.717, 1.165) is 12.5 Å². The van der Waals surface area contributed by atoms with E-state index in [1.165, 1.54) is 38.5 Å². The lowest BCUT2D eigenvalue weighted by Gasteiger charge is -2.22. The molecule has 0 aromatic carbocycles. The molecule has 1 N–H and O–H groups in total. The van der Waals surface area contributed by atoms with E-state index in [1.807, 2.05) is 13.8 Å². The maximum atomic E-state index is 8.97. The SMILES string of the molecule is CCC1CCCC(NCC(C)(C)C#N)CC1. The van der Waals surface area contributed by atoms with Gasteiger partial charge in [0.25, 0.3) is 0 Å². The summed E-state index contributed by atoms with van der Waals surface area (Å²) in [6.45, 7) is 7.14. The molecule has 2 heteroatoms. The van der Waals surface area contributed by atoms with Crippen LogP contribution in [0.15, 0.2) is 0 Å². The first kappa shape index (κ1) is 13.5. The molecular weight excluding hydrogens is 196 g/mol. The fraction of sp³-hybridized carbons (Fsp3) is 0.929. The third-order valence-electron chi connectivity index (χ3n) is 3.80. The van der Waals surface area contributed by atoms with Gasteiger partial charge in [0, 0.05) is 12.6 Å². The molecule has 16 heavy (non-hydrogen) atoms. The lowest BCUT2D eigenvalue weighted by Crippen LogP contribution is -2.36. The predicted octanol–water partition coefficient (Wildman–Crippen LogP) is 3.48. The normalized spacial score (nSPS) is 27.1. The van der Waals surface area contributed by atoms with Crippen molar-refractivity contribution >= 4 is 0 Å². The molecule has 1 fully saturated rings. The molecule has 2 unspecified atom stereocenters. The fourth-order valence-electron chi connectivity index (χ4n) is 2.43. The quantitative estimate of drug-likeness (QED) is 0.739. The predicted molar refractivity (Wildman–Crippen MR) is 68.1 cm³/mol. The second-order valence-corrected chi connectivity index (χ2v) is 5.86. The number of rotatable bonds is 4. The Morgan fingerprint density at radius 3 is 2.62 bits per heavy atom. The molecule has 0 saturated heterocycles. The monoisotopic (exact) mass is 222 g/mol. The average molecular weight is 222 g/mol. The number of hydrogen-bond acceptors (Lipinski definition) is 2. The first-order valence-corrected chi connectivity index (χ1v) is 6.72. The van der Waals surface area contributed by atoms with Crippen LogP contribution in [0.2, 0.25) is 0 Å². The van der Waals surface area contributed by atoms with Gasteiger partial charge in [0.05, 0.1) is 11.5 Å². The van der Waals surface area contributed by atoms with Crippen molar-refractivity contribution in [3.63, 3.8) is 0 Å². The van der Waals surface area contributed by atoms with Crippen molar-refractivity contribution < 1.29 is 0 Å². The number of nitriles is 1. The smallest absolute Gasteiger partial charge is 0.0697 e. The zero-order valence-electron chi connectivity index (χ0n) is 11.1. The van der Waals surface area contributed by atoms with E-state index < -0.39 is 0 Å². The van der Waals surface area contributed by atoms with Gasteiger partial charge < -0.3 is 5.32 Å². The second-order valence-electron chi connectivity index (χ2n) is 5.86. The minimum Gasteiger partial charge on any atom is -0.312 e. The Balaban J connectivity index is 2.31. The van der Waals surface area contributed by atoms with Crippen molar-refractivity contribution in [2.45, 2.75) is 65.3 Å². The highest BCUT2D eigenvalue weighted by Crippen LogP contribution is 2.25. The summed E-state index contributed by atoms with van der Waals surface area (Å²) in [4.78, 5) is 0. The van der Waals surface area contributed by atoms with Crippen LogP contribution in [0.25, 0.3) is 0 Å². The Bertz CT molecular complexity index is 240. The molecule has 1 rings (SSSR count). The molecular formula is C14H26N2. The van der Waals surface area contributed by atoms with Crippen LogP contribution in [0.4, 0.5) is 0 Å². The Labute approximate surface area is 100 Å². The lowest BCUT2D eigenvalue weighted by molar-refractivity contribution is 0.371. The minimum absolute atomic E-state index is 0.226. The highest BCUT2D eigenvalue weighted by atomic mass is 14.9. The average Bonchev–Trinajstić information content (AvgIpc) is 2.51. The standard InChI is InChI=1S/C14H26N2/c1-4-12-6-5-7-13(9-8-12)16-11-14(2,3)10-15/h12-13,16H,4-9,11H2,1-3H3. The third-order valence-corrected chi connectivity index (χ3v) is 3.80. The molecule has 0 heterocycles. The molecule has 0 bridgehead atoms. The van der Waals surface area contributed by atoms with Gasteiger partial charge in [-0.2, -0.15) is 5.26 Å². The molecule has 1 saturated carbocycles. The minimum atomic E-state index is -0.226. The van der Waals surface area contributed by atoms with Crippen molar-refractivity contribution in [1.82, 2.24) is 5.32 Å². The van der Waals surface area contributed by atoms with Crippen molar-refractivity contribution in [2.24, 2.45) is 11.3 Å². The van der Waals surface area contributed by atoms with Gasteiger partial charge in [-0.25, -0.2) is 0 Å². The molecule has 0 spiro atoms. The Morgan fingerprint density at radius 1 is 1.25 bits per heavy atom. The summed E-state index contributed by atoms with van der Waals surface area (Å²) in [7, 11) is 0. The number of nitrogens with one attached hydrogen (secondary N) is 1. The zero-order valence-corrected chi connectivity index (χ0v) is 11.1. The molecule has 0 aromatic rings. The van der Waals surface area contributed by atoms with E-state index >= 15 is 0 Å². The van der Waals surface area contributed by atoms with E-state index in [1.54, 1.807) is 0 Å². The molecule has 2 atom stereocenters. The van der Waals surface area contributed by atoms with Crippen LogP contribution in [0.3, 0.4) is 0 Å². The van der Waals surface area contributed by atoms with Gasteiger partial charge in [0.1, 0.15) is 0 Å². The van der Waals surface area contributed by atoms with Crippen LogP contribution in [0.5, 0.6) is 0 Å². The van der Waals surface area contributed by atoms with E-state index in [4.69, 9.17) is 5.26 Å². The molecule has 0 aromatic heterocycles. The summed E-state index contributed by atoms with van der Waals surface area (Å²) in [6, 6.07) is 3.00. The van der Waals surface area contributed by atoms with Gasteiger partial charge in [-0.15, -0.1) is 0 Å². The molecule has 92 valence electrons. The largest absolute Gasteiger partial charge is 0.312 e. The topological polar surface area (TPSA) is 35.8 Å². The first-order chi connectivity index (χ1) is 7.57. The maximum Gasteiger partial charge on any atom is 0.0697 e. The van der Waals surface area contributed by atoms with E-state index in [-0.39, 0.29) is 5.41 Å². The van der Waals surface area contributed by atoms with Crippen molar-refractivity contribution in [3.05, 3.63) is 0 Å². The first-order valence-electron chi connectivity index (χ1n) is 6.72. The molecule has 1 aliphatic rings. The van der Waals surface area contributed by atoms with Crippen LogP contribution < -0.4 is 5.32 Å². The van der Waals surface area contributed by atoms with Gasteiger partial charge in [-0.1, -0.05) is 26.2 Å². The van der Waals surface area contributed by atoms with Gasteiger partial charge in [-0.05, 0) is 39.0 Å². The summed E-state index contributed by atoms with van der Waals surface area (Å²) in [5, 5.41) is 12.5. The van der Waals surface area contributed by atoms with Crippen LogP contribution in [-0.2, 0) is 0 Å². The van der Waals surface area contributed by atoms with Crippen molar-refractivity contribution in [2.75, 3.05) is 6.54 Å². The van der Waals surface area contributed by atoms with Crippen LogP contribution in [-0.4, -0.2) is 12.6 Å². The fourth-order valence-corrected chi connectivity index (χ4v) is 2.43. The maximum absolute atomic E-state index is 8.97. The van der Waals surface area contributed by atoms with Crippen molar-refractivity contribution in [3.8, 4) is 6.07 Å². The van der Waals surface area contributed by atoms with Gasteiger partial charge in [-0.3, -0.25) is 0 Å². The Morgan fingerprint density at radius 2 is 2.00 bits per heavy atom. The molecule has 0 aliphatic heterocycles. The molecule has 1 aliphatic carbocycles. The van der Waals surface area contributed by atoms with E-state index in [0.29, 0.717) is 6.04 Å². The molecule has 0 amide bonds. The molecule has 2 nitrogen and oxygen atoms in total. The van der Waals surface area contributed by atoms with Crippen molar-refractivity contribution in [1.29, 1.82) is 5.26 Å². The Hall–Kier alpha value is -0.550. The summed E-state index contributed by atoms with van der Waals surface area (Å²) in [6.07, 6.45) is 8.02. The van der Waals surface area contributed by atoms with Gasteiger partial charge in [0.2, 0.25) is 0 Å². The van der Waals surface area contributed by atoms with E-state index in [2.05, 4.69) is 18.3 Å².